The molecule has 196 valence electrons. The van der Waals surface area contributed by atoms with Gasteiger partial charge < -0.3 is 4.74 Å². The van der Waals surface area contributed by atoms with Crippen LogP contribution >= 0.6 is 0 Å². The summed E-state index contributed by atoms with van der Waals surface area (Å²) in [5.41, 5.74) is 6.49. The summed E-state index contributed by atoms with van der Waals surface area (Å²) >= 11 is 0. The Labute approximate surface area is 224 Å². The van der Waals surface area contributed by atoms with Gasteiger partial charge in [-0.05, 0) is 67.9 Å². The number of pyridine rings is 1. The first-order chi connectivity index (χ1) is 18.7. The highest BCUT2D eigenvalue weighted by Gasteiger charge is 2.40. The van der Waals surface area contributed by atoms with Crippen LogP contribution in [-0.4, -0.2) is 62.0 Å². The predicted octanol–water partition coefficient (Wildman–Crippen LogP) is 5.37. The number of aromatic nitrogens is 5. The average Bonchev–Trinajstić information content (AvgIpc) is 3.50. The lowest BCUT2D eigenvalue weighted by Crippen LogP contribution is -2.43. The van der Waals surface area contributed by atoms with Gasteiger partial charge in [0.2, 0.25) is 0 Å². The van der Waals surface area contributed by atoms with Crippen LogP contribution in [0.15, 0.2) is 67.3 Å². The topological polar surface area (TPSA) is 69.0 Å². The van der Waals surface area contributed by atoms with Gasteiger partial charge in [-0.15, -0.1) is 0 Å². The van der Waals surface area contributed by atoms with Crippen molar-refractivity contribution in [2.45, 2.75) is 63.6 Å². The fraction of sp³-hybridized carbons (Fsp3) is 0.419. The molecule has 3 aromatic heterocycles. The lowest BCUT2D eigenvalue weighted by molar-refractivity contribution is 0.0830. The van der Waals surface area contributed by atoms with E-state index in [4.69, 9.17) is 14.8 Å². The Balaban J connectivity index is 1.17. The van der Waals surface area contributed by atoms with E-state index in [1.165, 1.54) is 36.8 Å². The van der Waals surface area contributed by atoms with Crippen molar-refractivity contribution in [2.75, 3.05) is 20.3 Å². The van der Waals surface area contributed by atoms with Crippen molar-refractivity contribution in [3.05, 3.63) is 84.2 Å². The second-order valence-corrected chi connectivity index (χ2v) is 10.5. The van der Waals surface area contributed by atoms with Gasteiger partial charge in [0.25, 0.3) is 0 Å². The number of hydrogen-bond acceptors (Lipinski definition) is 6. The Morgan fingerprint density at radius 1 is 1.00 bits per heavy atom. The third-order valence-corrected chi connectivity index (χ3v) is 8.25. The van der Waals surface area contributed by atoms with Crippen molar-refractivity contribution < 1.29 is 4.74 Å². The number of fused-ring (bicyclic) bond motifs is 2. The van der Waals surface area contributed by atoms with E-state index in [1.54, 1.807) is 13.3 Å². The van der Waals surface area contributed by atoms with Gasteiger partial charge >= 0.3 is 0 Å². The fourth-order valence-corrected chi connectivity index (χ4v) is 6.32. The van der Waals surface area contributed by atoms with Gasteiger partial charge in [-0.1, -0.05) is 24.3 Å². The van der Waals surface area contributed by atoms with Crippen LogP contribution in [0, 0.1) is 0 Å². The van der Waals surface area contributed by atoms with Crippen LogP contribution < -0.4 is 0 Å². The summed E-state index contributed by atoms with van der Waals surface area (Å²) in [5, 5.41) is 4.78. The summed E-state index contributed by atoms with van der Waals surface area (Å²) in [6.07, 6.45) is 13.4. The third-order valence-electron chi connectivity index (χ3n) is 8.25. The minimum atomic E-state index is 0.654. The number of ether oxygens (including phenoxy) is 1. The summed E-state index contributed by atoms with van der Waals surface area (Å²) < 4.78 is 7.30. The number of rotatable bonds is 9. The summed E-state index contributed by atoms with van der Waals surface area (Å²) in [6.45, 7) is 4.79. The Kier molecular flexibility index (Phi) is 7.29. The lowest BCUT2D eigenvalue weighted by Gasteiger charge is -2.39. The predicted molar refractivity (Wildman–Crippen MR) is 149 cm³/mol. The largest absolute Gasteiger partial charge is 0.383 e. The van der Waals surface area contributed by atoms with Gasteiger partial charge in [-0.25, -0.2) is 9.97 Å². The van der Waals surface area contributed by atoms with E-state index in [0.29, 0.717) is 24.4 Å². The maximum atomic E-state index is 5.35. The van der Waals surface area contributed by atoms with Gasteiger partial charge in [0, 0.05) is 74.6 Å². The van der Waals surface area contributed by atoms with Gasteiger partial charge in [-0.3, -0.25) is 14.6 Å². The van der Waals surface area contributed by atoms with Crippen molar-refractivity contribution in [3.63, 3.8) is 0 Å². The van der Waals surface area contributed by atoms with Crippen molar-refractivity contribution >= 4 is 0 Å². The lowest BCUT2D eigenvalue weighted by atomic mass is 9.84. The summed E-state index contributed by atoms with van der Waals surface area (Å²) in [5.74, 6) is 1.47. The van der Waals surface area contributed by atoms with Gasteiger partial charge in [0.15, 0.2) is 0 Å². The zero-order valence-corrected chi connectivity index (χ0v) is 22.3. The number of nitrogens with zero attached hydrogens (tertiary/aromatic N) is 6. The van der Waals surface area contributed by atoms with Crippen LogP contribution in [0.5, 0.6) is 0 Å². The van der Waals surface area contributed by atoms with Crippen molar-refractivity contribution in [2.24, 2.45) is 0 Å². The summed E-state index contributed by atoms with van der Waals surface area (Å²) in [6, 6.07) is 16.6. The monoisotopic (exact) mass is 508 g/mol. The highest BCUT2D eigenvalue weighted by Crippen LogP contribution is 2.43. The first kappa shape index (κ1) is 24.9. The van der Waals surface area contributed by atoms with Gasteiger partial charge in [0.1, 0.15) is 11.5 Å². The molecule has 7 heteroatoms. The number of hydrogen-bond donors (Lipinski definition) is 0. The molecule has 0 radical (unpaired) electrons. The molecule has 0 spiro atoms. The molecule has 2 saturated heterocycles. The highest BCUT2D eigenvalue weighted by molar-refractivity contribution is 5.78. The number of piperidine rings is 1. The van der Waals surface area contributed by atoms with Crippen LogP contribution in [0.2, 0.25) is 0 Å². The third kappa shape index (κ3) is 5.13. The molecule has 2 bridgehead atoms. The molecule has 2 fully saturated rings. The van der Waals surface area contributed by atoms with Gasteiger partial charge in [0.05, 0.1) is 12.3 Å². The van der Waals surface area contributed by atoms with E-state index in [9.17, 15) is 0 Å². The minimum Gasteiger partial charge on any atom is -0.383 e. The maximum absolute atomic E-state index is 5.35. The molecule has 1 aromatic carbocycles. The molecular formula is C31H36N6O. The second-order valence-electron chi connectivity index (χ2n) is 10.5. The van der Waals surface area contributed by atoms with Crippen LogP contribution in [0.1, 0.15) is 55.5 Å². The number of aryl methyl sites for hydroxylation is 1. The highest BCUT2D eigenvalue weighted by atomic mass is 16.5. The fourth-order valence-electron chi connectivity index (χ4n) is 6.32. The van der Waals surface area contributed by atoms with E-state index in [1.807, 2.05) is 35.3 Å². The minimum absolute atomic E-state index is 0.654. The zero-order chi connectivity index (χ0) is 25.9. The van der Waals surface area contributed by atoms with E-state index >= 15 is 0 Å². The molecular weight excluding hydrogens is 472 g/mol. The smallest absolute Gasteiger partial charge is 0.133 e. The Bertz CT molecular complexity index is 1340. The van der Waals surface area contributed by atoms with Crippen LogP contribution in [-0.2, 0) is 17.7 Å². The zero-order valence-electron chi connectivity index (χ0n) is 22.3. The number of methoxy groups -OCH3 is 1. The molecule has 0 amide bonds. The molecule has 6 rings (SSSR count). The average molecular weight is 509 g/mol. The Morgan fingerprint density at radius 3 is 2.53 bits per heavy atom. The molecule has 2 aliphatic heterocycles. The van der Waals surface area contributed by atoms with Crippen LogP contribution in [0.4, 0.5) is 0 Å². The molecule has 4 aromatic rings. The van der Waals surface area contributed by atoms with E-state index < -0.39 is 0 Å². The quantitative estimate of drug-likeness (QED) is 0.303. The molecule has 2 aliphatic rings. The molecule has 2 unspecified atom stereocenters. The molecule has 38 heavy (non-hydrogen) atoms. The maximum Gasteiger partial charge on any atom is 0.133 e. The van der Waals surface area contributed by atoms with E-state index in [0.717, 1.165) is 48.0 Å². The van der Waals surface area contributed by atoms with E-state index in [2.05, 4.69) is 52.3 Å². The van der Waals surface area contributed by atoms with Gasteiger partial charge in [-0.2, -0.15) is 5.10 Å². The molecule has 0 aliphatic carbocycles. The molecule has 0 N–H and O–H groups in total. The molecule has 7 nitrogen and oxygen atoms in total. The summed E-state index contributed by atoms with van der Waals surface area (Å²) in [7, 11) is 1.80. The SMILES string of the molecule is CCn1cc(-c2ccnc(Cc3ccc(C4CC5CCC(C4)N5CCOC)cc3)n2)c(-c2cccnc2)n1. The first-order valence-electron chi connectivity index (χ1n) is 13.9. The Hall–Kier alpha value is -3.42. The van der Waals surface area contributed by atoms with Crippen molar-refractivity contribution in [1.82, 2.24) is 29.6 Å². The summed E-state index contributed by atoms with van der Waals surface area (Å²) in [4.78, 5) is 16.5. The second kappa shape index (κ2) is 11.1. The Morgan fingerprint density at radius 2 is 1.82 bits per heavy atom. The van der Waals surface area contributed by atoms with E-state index in [-0.39, 0.29) is 0 Å². The van der Waals surface area contributed by atoms with Crippen LogP contribution in [0.25, 0.3) is 22.5 Å². The normalized spacial score (nSPS) is 21.2. The van der Waals surface area contributed by atoms with Crippen LogP contribution in [0.3, 0.4) is 0 Å². The van der Waals surface area contributed by atoms with Crippen molar-refractivity contribution in [3.8, 4) is 22.5 Å². The first-order valence-corrected chi connectivity index (χ1v) is 13.9. The molecule has 5 heterocycles. The number of benzene rings is 1. The molecule has 2 atom stereocenters. The molecule has 0 saturated carbocycles. The standard InChI is InChI=1S/C31H36N6O/c1-3-36-21-28(31(35-36)24-5-4-13-32-20-24)29-12-14-33-30(34-29)17-22-6-8-23(9-7-22)25-18-26-10-11-27(19-25)37(26)15-16-38-2/h4-9,12-14,20-21,25-27H,3,10-11,15-19H2,1-2H3. The van der Waals surface area contributed by atoms with Crippen molar-refractivity contribution in [1.29, 1.82) is 0 Å².